The molecule has 1 aliphatic carbocycles. The lowest BCUT2D eigenvalue weighted by Gasteiger charge is -2.17. The second kappa shape index (κ2) is 7.91. The number of ether oxygens (including phenoxy) is 1. The summed E-state index contributed by atoms with van der Waals surface area (Å²) in [7, 11) is 1.80. The average Bonchev–Trinajstić information content (AvgIpc) is 3.34. The van der Waals surface area contributed by atoms with E-state index in [0.717, 1.165) is 37.2 Å². The molecular formula is C17H27N3O. The Morgan fingerprint density at radius 3 is 2.81 bits per heavy atom. The molecule has 1 atom stereocenters. The van der Waals surface area contributed by atoms with Crippen LogP contribution in [0.4, 0.5) is 0 Å². The smallest absolute Gasteiger partial charge is 0.191 e. The molecule has 0 radical (unpaired) electrons. The second-order valence-corrected chi connectivity index (χ2v) is 5.74. The zero-order chi connectivity index (χ0) is 15.1. The molecule has 4 nitrogen and oxygen atoms in total. The Labute approximate surface area is 128 Å². The maximum absolute atomic E-state index is 5.93. The predicted octanol–water partition coefficient (Wildman–Crippen LogP) is 2.94. The molecule has 21 heavy (non-hydrogen) atoms. The minimum atomic E-state index is 0.414. The van der Waals surface area contributed by atoms with Crippen LogP contribution < -0.4 is 15.4 Å². The Morgan fingerprint density at radius 1 is 1.38 bits per heavy atom. The quantitative estimate of drug-likeness (QED) is 0.599. The number of benzene rings is 1. The van der Waals surface area contributed by atoms with Crippen molar-refractivity contribution in [2.75, 3.05) is 13.7 Å². The van der Waals surface area contributed by atoms with Crippen LogP contribution in [0.1, 0.15) is 38.7 Å². The first-order valence-corrected chi connectivity index (χ1v) is 7.90. The molecule has 0 heterocycles. The van der Waals surface area contributed by atoms with Gasteiger partial charge < -0.3 is 15.4 Å². The molecule has 1 fully saturated rings. The van der Waals surface area contributed by atoms with Gasteiger partial charge in [-0.3, -0.25) is 4.99 Å². The van der Waals surface area contributed by atoms with Gasteiger partial charge >= 0.3 is 0 Å². The highest BCUT2D eigenvalue weighted by atomic mass is 16.5. The third kappa shape index (κ3) is 5.29. The fourth-order valence-corrected chi connectivity index (χ4v) is 1.99. The summed E-state index contributed by atoms with van der Waals surface area (Å²) in [5.74, 6) is 2.59. The van der Waals surface area contributed by atoms with E-state index in [-0.39, 0.29) is 0 Å². The van der Waals surface area contributed by atoms with E-state index in [2.05, 4.69) is 35.5 Å². The maximum Gasteiger partial charge on any atom is 0.191 e. The molecule has 4 heteroatoms. The normalized spacial score (nSPS) is 16.4. The lowest BCUT2D eigenvalue weighted by molar-refractivity contribution is 0.296. The number of para-hydroxylation sites is 1. The highest BCUT2D eigenvalue weighted by molar-refractivity contribution is 5.79. The fraction of sp³-hybridized carbons (Fsp3) is 0.588. The Balaban J connectivity index is 1.88. The van der Waals surface area contributed by atoms with E-state index in [1.54, 1.807) is 7.05 Å². The van der Waals surface area contributed by atoms with Crippen LogP contribution in [0.25, 0.3) is 0 Å². The summed E-state index contributed by atoms with van der Waals surface area (Å²) < 4.78 is 5.93. The SMILES string of the molecule is CCC(C)NC(=NC)NCc1ccccc1OCC1CC1. The van der Waals surface area contributed by atoms with Gasteiger partial charge in [0.05, 0.1) is 6.61 Å². The van der Waals surface area contributed by atoms with Gasteiger partial charge in [-0.1, -0.05) is 25.1 Å². The van der Waals surface area contributed by atoms with Gasteiger partial charge in [-0.2, -0.15) is 0 Å². The summed E-state index contributed by atoms with van der Waals surface area (Å²) in [6.07, 6.45) is 3.69. The summed E-state index contributed by atoms with van der Waals surface area (Å²) in [4.78, 5) is 4.26. The molecule has 116 valence electrons. The molecule has 2 N–H and O–H groups in total. The summed E-state index contributed by atoms with van der Waals surface area (Å²) >= 11 is 0. The van der Waals surface area contributed by atoms with Crippen LogP contribution in [0, 0.1) is 5.92 Å². The largest absolute Gasteiger partial charge is 0.493 e. The van der Waals surface area contributed by atoms with Crippen molar-refractivity contribution in [1.29, 1.82) is 0 Å². The molecule has 0 amide bonds. The van der Waals surface area contributed by atoms with Crippen molar-refractivity contribution in [3.05, 3.63) is 29.8 Å². The monoisotopic (exact) mass is 289 g/mol. The van der Waals surface area contributed by atoms with Crippen LogP contribution in [-0.2, 0) is 6.54 Å². The van der Waals surface area contributed by atoms with Crippen LogP contribution in [-0.4, -0.2) is 25.7 Å². The molecule has 1 unspecified atom stereocenters. The number of hydrogen-bond acceptors (Lipinski definition) is 2. The molecule has 1 aromatic rings. The van der Waals surface area contributed by atoms with Gasteiger partial charge in [0.1, 0.15) is 5.75 Å². The van der Waals surface area contributed by atoms with Crippen molar-refractivity contribution in [2.24, 2.45) is 10.9 Å². The van der Waals surface area contributed by atoms with E-state index >= 15 is 0 Å². The number of nitrogens with zero attached hydrogens (tertiary/aromatic N) is 1. The van der Waals surface area contributed by atoms with Crippen LogP contribution in [0.5, 0.6) is 5.75 Å². The first-order chi connectivity index (χ1) is 10.2. The topological polar surface area (TPSA) is 45.7 Å². The Morgan fingerprint density at radius 2 is 2.14 bits per heavy atom. The molecule has 0 aromatic heterocycles. The molecule has 0 spiro atoms. The molecule has 0 bridgehead atoms. The van der Waals surface area contributed by atoms with Crippen molar-refractivity contribution in [3.8, 4) is 5.75 Å². The Kier molecular flexibility index (Phi) is 5.90. The van der Waals surface area contributed by atoms with Gasteiger partial charge in [0, 0.05) is 25.2 Å². The minimum Gasteiger partial charge on any atom is -0.493 e. The minimum absolute atomic E-state index is 0.414. The first kappa shape index (κ1) is 15.7. The lowest BCUT2D eigenvalue weighted by Crippen LogP contribution is -2.41. The number of nitrogens with one attached hydrogen (secondary N) is 2. The number of rotatable bonds is 7. The van der Waals surface area contributed by atoms with Gasteiger partial charge in [-0.05, 0) is 38.2 Å². The Bertz CT molecular complexity index is 469. The van der Waals surface area contributed by atoms with Crippen LogP contribution in [0.2, 0.25) is 0 Å². The summed E-state index contributed by atoms with van der Waals surface area (Å²) in [5.41, 5.74) is 1.17. The summed E-state index contributed by atoms with van der Waals surface area (Å²) in [6.45, 7) is 5.87. The van der Waals surface area contributed by atoms with E-state index < -0.39 is 0 Å². The van der Waals surface area contributed by atoms with Gasteiger partial charge in [0.25, 0.3) is 0 Å². The van der Waals surface area contributed by atoms with Crippen LogP contribution in [0.3, 0.4) is 0 Å². The summed E-state index contributed by atoms with van der Waals surface area (Å²) in [5, 5.41) is 6.72. The van der Waals surface area contributed by atoms with E-state index in [9.17, 15) is 0 Å². The van der Waals surface area contributed by atoms with Crippen molar-refractivity contribution in [3.63, 3.8) is 0 Å². The van der Waals surface area contributed by atoms with Gasteiger partial charge in [-0.15, -0.1) is 0 Å². The third-order valence-electron chi connectivity index (χ3n) is 3.81. The molecule has 2 rings (SSSR count). The fourth-order valence-electron chi connectivity index (χ4n) is 1.99. The van der Waals surface area contributed by atoms with Gasteiger partial charge in [0.2, 0.25) is 0 Å². The Hall–Kier alpha value is -1.71. The maximum atomic E-state index is 5.93. The zero-order valence-electron chi connectivity index (χ0n) is 13.4. The highest BCUT2D eigenvalue weighted by Gasteiger charge is 2.22. The first-order valence-electron chi connectivity index (χ1n) is 7.90. The molecule has 0 saturated heterocycles. The number of guanidine groups is 1. The van der Waals surface area contributed by atoms with Crippen LogP contribution >= 0.6 is 0 Å². The van der Waals surface area contributed by atoms with Crippen molar-refractivity contribution in [1.82, 2.24) is 10.6 Å². The zero-order valence-corrected chi connectivity index (χ0v) is 13.4. The van der Waals surface area contributed by atoms with E-state index in [1.807, 2.05) is 18.2 Å². The van der Waals surface area contributed by atoms with Gasteiger partial charge in [0.15, 0.2) is 5.96 Å². The predicted molar refractivity (Wildman–Crippen MR) is 87.7 cm³/mol. The van der Waals surface area contributed by atoms with E-state index in [1.165, 1.54) is 18.4 Å². The molecule has 1 aromatic carbocycles. The highest BCUT2D eigenvalue weighted by Crippen LogP contribution is 2.30. The molecule has 1 aliphatic rings. The van der Waals surface area contributed by atoms with E-state index in [4.69, 9.17) is 4.74 Å². The number of hydrogen-bond donors (Lipinski definition) is 2. The van der Waals surface area contributed by atoms with Crippen molar-refractivity contribution >= 4 is 5.96 Å². The van der Waals surface area contributed by atoms with Crippen LogP contribution in [0.15, 0.2) is 29.3 Å². The molecule has 0 aliphatic heterocycles. The molecule has 1 saturated carbocycles. The standard InChI is InChI=1S/C17H27N3O/c1-4-13(2)20-17(18-3)19-11-15-7-5-6-8-16(15)21-12-14-9-10-14/h5-8,13-14H,4,9-12H2,1-3H3,(H2,18,19,20). The lowest BCUT2D eigenvalue weighted by atomic mass is 10.2. The number of aliphatic imine (C=N–C) groups is 1. The van der Waals surface area contributed by atoms with Crippen molar-refractivity contribution in [2.45, 2.75) is 45.7 Å². The van der Waals surface area contributed by atoms with Gasteiger partial charge in [-0.25, -0.2) is 0 Å². The second-order valence-electron chi connectivity index (χ2n) is 5.74. The molecular weight excluding hydrogens is 262 g/mol. The van der Waals surface area contributed by atoms with Crippen molar-refractivity contribution < 1.29 is 4.74 Å². The third-order valence-corrected chi connectivity index (χ3v) is 3.81. The summed E-state index contributed by atoms with van der Waals surface area (Å²) in [6, 6.07) is 8.64. The van der Waals surface area contributed by atoms with E-state index in [0.29, 0.717) is 6.04 Å². The average molecular weight is 289 g/mol.